The second-order valence-electron chi connectivity index (χ2n) is 2.68. The summed E-state index contributed by atoms with van der Waals surface area (Å²) >= 11 is 0. The molecule has 0 aliphatic heterocycles. The maximum Gasteiger partial charge on any atom is 0.119 e. The van der Waals surface area contributed by atoms with E-state index in [-0.39, 0.29) is 0 Å². The van der Waals surface area contributed by atoms with Crippen LogP contribution in [0.15, 0.2) is 9.98 Å². The molecule has 0 aromatic heterocycles. The van der Waals surface area contributed by atoms with Gasteiger partial charge in [0.15, 0.2) is 0 Å². The van der Waals surface area contributed by atoms with E-state index in [0.717, 1.165) is 11.5 Å². The van der Waals surface area contributed by atoms with Crippen LogP contribution in [0.2, 0.25) is 0 Å². The largest absolute Gasteiger partial charge is 0.274 e. The van der Waals surface area contributed by atoms with Crippen molar-refractivity contribution < 1.29 is 0 Å². The number of nitrogens with zero attached hydrogens (tertiary/aromatic N) is 2. The molecule has 2 heteroatoms. The number of amidine groups is 1. The minimum atomic E-state index is 0.525. The van der Waals surface area contributed by atoms with Crippen LogP contribution in [0, 0.1) is 5.92 Å². The Balaban J connectivity index is 4.17. The first kappa shape index (κ1) is 9.34. The van der Waals surface area contributed by atoms with E-state index in [1.54, 1.807) is 7.05 Å². The van der Waals surface area contributed by atoms with Crippen LogP contribution in [-0.4, -0.2) is 18.6 Å². The highest BCUT2D eigenvalue weighted by Crippen LogP contribution is 1.96. The average molecular weight is 140 g/mol. The quantitative estimate of drug-likeness (QED) is 0.394. The van der Waals surface area contributed by atoms with Crippen molar-refractivity contribution in [2.24, 2.45) is 15.9 Å². The lowest BCUT2D eigenvalue weighted by molar-refractivity contribution is 0.880. The summed E-state index contributed by atoms with van der Waals surface area (Å²) in [6.07, 6.45) is 0. The first-order valence-electron chi connectivity index (χ1n) is 3.56. The number of aliphatic imine (C=N–C) groups is 2. The van der Waals surface area contributed by atoms with E-state index in [1.165, 1.54) is 0 Å². The normalized spacial score (nSPS) is 14.6. The molecule has 0 bridgehead atoms. The van der Waals surface area contributed by atoms with Crippen LogP contribution in [0.3, 0.4) is 0 Å². The minimum absolute atomic E-state index is 0.525. The van der Waals surface area contributed by atoms with Gasteiger partial charge in [0.25, 0.3) is 0 Å². The number of hydrogen-bond acceptors (Lipinski definition) is 1. The standard InChI is InChI=1S/C8H16N2/c1-6(2)7(3)10-8(4)9-5/h6H,1-5H3/b9-8-,10-7+. The summed E-state index contributed by atoms with van der Waals surface area (Å²) in [5, 5.41) is 0. The summed E-state index contributed by atoms with van der Waals surface area (Å²) in [4.78, 5) is 8.20. The molecule has 58 valence electrons. The lowest BCUT2D eigenvalue weighted by Gasteiger charge is -2.01. The van der Waals surface area contributed by atoms with Crippen LogP contribution in [0.4, 0.5) is 0 Å². The van der Waals surface area contributed by atoms with Crippen molar-refractivity contribution in [3.05, 3.63) is 0 Å². The monoisotopic (exact) mass is 140 g/mol. The van der Waals surface area contributed by atoms with Gasteiger partial charge in [0.2, 0.25) is 0 Å². The lowest BCUT2D eigenvalue weighted by Crippen LogP contribution is -2.04. The molecule has 10 heavy (non-hydrogen) atoms. The molecule has 0 aromatic carbocycles. The summed E-state index contributed by atoms with van der Waals surface area (Å²) in [7, 11) is 1.76. The summed E-state index contributed by atoms with van der Waals surface area (Å²) in [6, 6.07) is 0. The summed E-state index contributed by atoms with van der Waals surface area (Å²) < 4.78 is 0. The van der Waals surface area contributed by atoms with Crippen molar-refractivity contribution in [3.63, 3.8) is 0 Å². The molecule has 0 heterocycles. The first-order valence-corrected chi connectivity index (χ1v) is 3.56. The van der Waals surface area contributed by atoms with Crippen LogP contribution in [-0.2, 0) is 0 Å². The van der Waals surface area contributed by atoms with Crippen LogP contribution in [0.5, 0.6) is 0 Å². The zero-order valence-corrected chi connectivity index (χ0v) is 7.47. The molecule has 0 saturated heterocycles. The highest BCUT2D eigenvalue weighted by molar-refractivity contribution is 5.96. The predicted octanol–water partition coefficient (Wildman–Crippen LogP) is 2.15. The van der Waals surface area contributed by atoms with Crippen LogP contribution < -0.4 is 0 Å². The predicted molar refractivity (Wildman–Crippen MR) is 47.0 cm³/mol. The summed E-state index contributed by atoms with van der Waals surface area (Å²) in [5.74, 6) is 1.38. The third kappa shape index (κ3) is 3.38. The van der Waals surface area contributed by atoms with Crippen molar-refractivity contribution in [2.45, 2.75) is 27.7 Å². The third-order valence-corrected chi connectivity index (χ3v) is 1.50. The maximum atomic E-state index is 4.26. The molecule has 0 amide bonds. The van der Waals surface area contributed by atoms with Gasteiger partial charge in [-0.05, 0) is 19.8 Å². The maximum absolute atomic E-state index is 4.26. The first-order chi connectivity index (χ1) is 4.57. The molecule has 0 unspecified atom stereocenters. The van der Waals surface area contributed by atoms with E-state index in [2.05, 4.69) is 23.8 Å². The van der Waals surface area contributed by atoms with E-state index in [9.17, 15) is 0 Å². The SMILES string of the molecule is C/N=C(C)\N=C(/C)C(C)C. The van der Waals surface area contributed by atoms with Crippen LogP contribution in [0.25, 0.3) is 0 Å². The molecular formula is C8H16N2. The van der Waals surface area contributed by atoms with E-state index in [1.807, 2.05) is 13.8 Å². The second-order valence-corrected chi connectivity index (χ2v) is 2.68. The van der Waals surface area contributed by atoms with Gasteiger partial charge in [0.1, 0.15) is 5.84 Å². The molecule has 0 fully saturated rings. The molecule has 0 rings (SSSR count). The Morgan fingerprint density at radius 1 is 1.20 bits per heavy atom. The van der Waals surface area contributed by atoms with Gasteiger partial charge in [-0.25, -0.2) is 4.99 Å². The Kier molecular flexibility index (Phi) is 3.93. The van der Waals surface area contributed by atoms with Crippen molar-refractivity contribution in [2.75, 3.05) is 7.05 Å². The van der Waals surface area contributed by atoms with Gasteiger partial charge in [-0.15, -0.1) is 0 Å². The second kappa shape index (κ2) is 4.20. The third-order valence-electron chi connectivity index (χ3n) is 1.50. The van der Waals surface area contributed by atoms with E-state index < -0.39 is 0 Å². The van der Waals surface area contributed by atoms with Crippen molar-refractivity contribution in [3.8, 4) is 0 Å². The van der Waals surface area contributed by atoms with Gasteiger partial charge >= 0.3 is 0 Å². The Morgan fingerprint density at radius 3 is 2.00 bits per heavy atom. The zero-order valence-electron chi connectivity index (χ0n) is 7.47. The molecule has 0 saturated carbocycles. The molecular weight excluding hydrogens is 124 g/mol. The van der Waals surface area contributed by atoms with Gasteiger partial charge in [-0.1, -0.05) is 13.8 Å². The van der Waals surface area contributed by atoms with Crippen LogP contribution >= 0.6 is 0 Å². The van der Waals surface area contributed by atoms with Crippen LogP contribution in [0.1, 0.15) is 27.7 Å². The van der Waals surface area contributed by atoms with Gasteiger partial charge < -0.3 is 0 Å². The van der Waals surface area contributed by atoms with Crippen molar-refractivity contribution in [1.29, 1.82) is 0 Å². The fraction of sp³-hybridized carbons (Fsp3) is 0.750. The van der Waals surface area contributed by atoms with Gasteiger partial charge in [-0.2, -0.15) is 0 Å². The van der Waals surface area contributed by atoms with Gasteiger partial charge in [-0.3, -0.25) is 4.99 Å². The zero-order chi connectivity index (χ0) is 8.15. The van der Waals surface area contributed by atoms with E-state index in [4.69, 9.17) is 0 Å². The van der Waals surface area contributed by atoms with E-state index in [0.29, 0.717) is 5.92 Å². The molecule has 0 aromatic rings. The molecule has 2 nitrogen and oxygen atoms in total. The lowest BCUT2D eigenvalue weighted by atomic mass is 10.1. The average Bonchev–Trinajstić information content (AvgIpc) is 1.87. The molecule has 0 aliphatic rings. The Bertz CT molecular complexity index is 155. The highest BCUT2D eigenvalue weighted by Gasteiger charge is 1.96. The Morgan fingerprint density at radius 2 is 1.70 bits per heavy atom. The highest BCUT2D eigenvalue weighted by atomic mass is 14.9. The number of hydrogen-bond donors (Lipinski definition) is 0. The number of rotatable bonds is 1. The minimum Gasteiger partial charge on any atom is -0.274 e. The Labute approximate surface area is 63.1 Å². The van der Waals surface area contributed by atoms with Crippen molar-refractivity contribution in [1.82, 2.24) is 0 Å². The topological polar surface area (TPSA) is 24.7 Å². The fourth-order valence-electron chi connectivity index (χ4n) is 0.434. The van der Waals surface area contributed by atoms with Gasteiger partial charge in [0.05, 0.1) is 0 Å². The molecule has 0 spiro atoms. The molecule has 0 atom stereocenters. The molecule has 0 radical (unpaired) electrons. The summed E-state index contributed by atoms with van der Waals surface area (Å²) in [6.45, 7) is 8.19. The smallest absolute Gasteiger partial charge is 0.119 e. The van der Waals surface area contributed by atoms with E-state index >= 15 is 0 Å². The van der Waals surface area contributed by atoms with Gasteiger partial charge in [0, 0.05) is 12.8 Å². The fourth-order valence-corrected chi connectivity index (χ4v) is 0.434. The van der Waals surface area contributed by atoms with Crippen molar-refractivity contribution >= 4 is 11.5 Å². The molecule has 0 aliphatic carbocycles. The molecule has 0 N–H and O–H groups in total. The Hall–Kier alpha value is -0.660. The summed E-state index contributed by atoms with van der Waals surface area (Å²) in [5.41, 5.74) is 1.14.